The van der Waals surface area contributed by atoms with Gasteiger partial charge < -0.3 is 15.1 Å². The molecule has 1 N–H and O–H groups in total. The second-order valence-corrected chi connectivity index (χ2v) is 7.20. The van der Waals surface area contributed by atoms with E-state index in [4.69, 9.17) is 11.6 Å². The van der Waals surface area contributed by atoms with Crippen LogP contribution in [0.1, 0.15) is 12.0 Å². The second-order valence-electron chi connectivity index (χ2n) is 6.76. The Balaban J connectivity index is 1.70. The molecular weight excluding hydrogens is 350 g/mol. The number of hydrogen-bond acceptors (Lipinski definition) is 3. The molecule has 0 bridgehead atoms. The first-order chi connectivity index (χ1) is 12.3. The van der Waals surface area contributed by atoms with Gasteiger partial charge in [0.15, 0.2) is 0 Å². The molecule has 0 saturated carbocycles. The molecule has 136 valence electrons. The molecule has 1 fully saturated rings. The van der Waals surface area contributed by atoms with Gasteiger partial charge in [0.05, 0.1) is 5.92 Å². The van der Waals surface area contributed by atoms with Gasteiger partial charge in [0.25, 0.3) is 0 Å². The molecule has 0 radical (unpaired) electrons. The minimum Gasteiger partial charge on any atom is -0.378 e. The van der Waals surface area contributed by atoms with E-state index in [0.717, 1.165) is 16.9 Å². The normalized spacial score (nSPS) is 16.7. The lowest BCUT2D eigenvalue weighted by Crippen LogP contribution is -2.28. The molecule has 1 saturated heterocycles. The summed E-state index contributed by atoms with van der Waals surface area (Å²) in [6.45, 7) is 2.29. The van der Waals surface area contributed by atoms with Gasteiger partial charge in [-0.15, -0.1) is 0 Å². The summed E-state index contributed by atoms with van der Waals surface area (Å²) in [4.78, 5) is 28.7. The van der Waals surface area contributed by atoms with E-state index in [1.54, 1.807) is 17.0 Å². The van der Waals surface area contributed by atoms with Crippen LogP contribution in [0.25, 0.3) is 0 Å². The Morgan fingerprint density at radius 2 is 1.88 bits per heavy atom. The van der Waals surface area contributed by atoms with Gasteiger partial charge in [-0.2, -0.15) is 0 Å². The number of rotatable bonds is 4. The van der Waals surface area contributed by atoms with E-state index < -0.39 is 0 Å². The van der Waals surface area contributed by atoms with Gasteiger partial charge in [-0.1, -0.05) is 17.7 Å². The topological polar surface area (TPSA) is 52.7 Å². The summed E-state index contributed by atoms with van der Waals surface area (Å²) in [6, 6.07) is 13.1. The van der Waals surface area contributed by atoms with Crippen molar-refractivity contribution < 1.29 is 9.59 Å². The van der Waals surface area contributed by atoms with Gasteiger partial charge in [0, 0.05) is 49.1 Å². The molecule has 2 aromatic carbocycles. The lowest BCUT2D eigenvalue weighted by molar-refractivity contribution is -0.122. The maximum absolute atomic E-state index is 12.6. The summed E-state index contributed by atoms with van der Waals surface area (Å²) in [5.41, 5.74) is 3.49. The van der Waals surface area contributed by atoms with Crippen molar-refractivity contribution in [2.24, 2.45) is 5.92 Å². The van der Waals surface area contributed by atoms with Crippen molar-refractivity contribution in [3.05, 3.63) is 53.1 Å². The molecule has 3 rings (SSSR count). The molecule has 1 aliphatic heterocycles. The molecule has 0 spiro atoms. The van der Waals surface area contributed by atoms with Crippen molar-refractivity contribution in [2.45, 2.75) is 13.3 Å². The zero-order valence-electron chi connectivity index (χ0n) is 15.1. The Hall–Kier alpha value is -2.53. The quantitative estimate of drug-likeness (QED) is 0.891. The number of nitrogens with one attached hydrogen (secondary N) is 1. The third kappa shape index (κ3) is 3.83. The Morgan fingerprint density at radius 1 is 1.19 bits per heavy atom. The first-order valence-electron chi connectivity index (χ1n) is 8.50. The number of carbonyl (C=O) groups is 2. The van der Waals surface area contributed by atoms with Crippen LogP contribution in [0.3, 0.4) is 0 Å². The highest BCUT2D eigenvalue weighted by atomic mass is 35.5. The monoisotopic (exact) mass is 371 g/mol. The number of nitrogens with zero attached hydrogens (tertiary/aromatic N) is 2. The van der Waals surface area contributed by atoms with Gasteiger partial charge >= 0.3 is 0 Å². The van der Waals surface area contributed by atoms with E-state index in [2.05, 4.69) is 5.32 Å². The number of anilines is 3. The van der Waals surface area contributed by atoms with E-state index in [9.17, 15) is 9.59 Å². The highest BCUT2D eigenvalue weighted by Gasteiger charge is 2.35. The lowest BCUT2D eigenvalue weighted by atomic mass is 10.1. The number of hydrogen-bond donors (Lipinski definition) is 1. The zero-order chi connectivity index (χ0) is 18.8. The molecule has 1 atom stereocenters. The summed E-state index contributed by atoms with van der Waals surface area (Å²) in [5.74, 6) is -0.573. The van der Waals surface area contributed by atoms with Crippen LogP contribution in [-0.2, 0) is 9.59 Å². The smallest absolute Gasteiger partial charge is 0.229 e. The SMILES string of the molecule is Cc1ccc(Cl)cc1NC(=O)C1CC(=O)N(c2ccc(N(C)C)cc2)C1. The largest absolute Gasteiger partial charge is 0.378 e. The number of amides is 2. The fourth-order valence-corrected chi connectivity index (χ4v) is 3.20. The highest BCUT2D eigenvalue weighted by molar-refractivity contribution is 6.31. The van der Waals surface area contributed by atoms with Crippen molar-refractivity contribution in [2.75, 3.05) is 35.8 Å². The Bertz CT molecular complexity index is 833. The predicted octanol–water partition coefficient (Wildman–Crippen LogP) is 3.71. The van der Waals surface area contributed by atoms with Gasteiger partial charge in [0.2, 0.25) is 11.8 Å². The molecule has 6 heteroatoms. The molecular formula is C20H22ClN3O2. The average Bonchev–Trinajstić information content (AvgIpc) is 3.00. The Kier molecular flexibility index (Phi) is 5.18. The number of benzene rings is 2. The molecule has 2 aromatic rings. The lowest BCUT2D eigenvalue weighted by Gasteiger charge is -2.19. The number of carbonyl (C=O) groups excluding carboxylic acids is 2. The van der Waals surface area contributed by atoms with Gasteiger partial charge in [0.1, 0.15) is 0 Å². The summed E-state index contributed by atoms with van der Waals surface area (Å²) in [7, 11) is 3.93. The van der Waals surface area contributed by atoms with Crippen molar-refractivity contribution >= 4 is 40.5 Å². The van der Waals surface area contributed by atoms with Gasteiger partial charge in [-0.05, 0) is 48.9 Å². The molecule has 1 heterocycles. The number of halogens is 1. The van der Waals surface area contributed by atoms with Gasteiger partial charge in [-0.25, -0.2) is 0 Å². The van der Waals surface area contributed by atoms with Crippen LogP contribution in [0.5, 0.6) is 0 Å². The average molecular weight is 372 g/mol. The van der Waals surface area contributed by atoms with Crippen LogP contribution in [0.2, 0.25) is 5.02 Å². The van der Waals surface area contributed by atoms with Crippen molar-refractivity contribution in [3.8, 4) is 0 Å². The fraction of sp³-hybridized carbons (Fsp3) is 0.300. The van der Waals surface area contributed by atoms with E-state index in [0.29, 0.717) is 17.3 Å². The second kappa shape index (κ2) is 7.38. The summed E-state index contributed by atoms with van der Waals surface area (Å²) < 4.78 is 0. The molecule has 2 amide bonds. The first kappa shape index (κ1) is 18.3. The van der Waals surface area contributed by atoms with E-state index in [-0.39, 0.29) is 24.2 Å². The van der Waals surface area contributed by atoms with Crippen molar-refractivity contribution in [3.63, 3.8) is 0 Å². The van der Waals surface area contributed by atoms with Crippen LogP contribution in [0.4, 0.5) is 17.1 Å². The summed E-state index contributed by atoms with van der Waals surface area (Å²) >= 11 is 6.00. The van der Waals surface area contributed by atoms with Crippen LogP contribution in [-0.4, -0.2) is 32.5 Å². The van der Waals surface area contributed by atoms with Crippen LogP contribution in [0.15, 0.2) is 42.5 Å². The summed E-state index contributed by atoms with van der Waals surface area (Å²) in [5, 5.41) is 3.47. The summed E-state index contributed by atoms with van der Waals surface area (Å²) in [6.07, 6.45) is 0.209. The van der Waals surface area contributed by atoms with Crippen molar-refractivity contribution in [1.29, 1.82) is 0 Å². The third-order valence-corrected chi connectivity index (χ3v) is 4.87. The highest BCUT2D eigenvalue weighted by Crippen LogP contribution is 2.28. The van der Waals surface area contributed by atoms with Crippen LogP contribution < -0.4 is 15.1 Å². The maximum atomic E-state index is 12.6. The standard InChI is InChI=1S/C20H22ClN3O2/c1-13-4-5-15(21)11-18(13)22-20(26)14-10-19(25)24(12-14)17-8-6-16(7-9-17)23(2)3/h4-9,11,14H,10,12H2,1-3H3,(H,22,26). The maximum Gasteiger partial charge on any atom is 0.229 e. The van der Waals surface area contributed by atoms with E-state index in [1.807, 2.05) is 56.3 Å². The van der Waals surface area contributed by atoms with Crippen molar-refractivity contribution in [1.82, 2.24) is 0 Å². The molecule has 26 heavy (non-hydrogen) atoms. The molecule has 1 aliphatic rings. The predicted molar refractivity (Wildman–Crippen MR) is 106 cm³/mol. The van der Waals surface area contributed by atoms with Gasteiger partial charge in [-0.3, -0.25) is 9.59 Å². The fourth-order valence-electron chi connectivity index (χ4n) is 3.03. The Labute approximate surface area is 158 Å². The first-order valence-corrected chi connectivity index (χ1v) is 8.87. The van der Waals surface area contributed by atoms with E-state index in [1.165, 1.54) is 0 Å². The molecule has 0 aromatic heterocycles. The molecule has 1 unspecified atom stereocenters. The number of aryl methyl sites for hydroxylation is 1. The zero-order valence-corrected chi connectivity index (χ0v) is 15.9. The molecule has 5 nitrogen and oxygen atoms in total. The minimum atomic E-state index is -0.380. The Morgan fingerprint density at radius 3 is 2.54 bits per heavy atom. The molecule has 0 aliphatic carbocycles. The third-order valence-electron chi connectivity index (χ3n) is 4.63. The van der Waals surface area contributed by atoms with Crippen LogP contribution in [0, 0.1) is 12.8 Å². The minimum absolute atomic E-state index is 0.0365. The van der Waals surface area contributed by atoms with Crippen LogP contribution >= 0.6 is 11.6 Å². The van der Waals surface area contributed by atoms with E-state index >= 15 is 0 Å².